The highest BCUT2D eigenvalue weighted by atomic mass is 16.5. The molecule has 126 valence electrons. The van der Waals surface area contributed by atoms with Crippen molar-refractivity contribution in [1.82, 2.24) is 0 Å². The summed E-state index contributed by atoms with van der Waals surface area (Å²) in [5, 5.41) is 1.03. The number of fused-ring (bicyclic) bond motifs is 1. The van der Waals surface area contributed by atoms with Crippen LogP contribution in [0.5, 0.6) is 5.75 Å². The van der Waals surface area contributed by atoms with Crippen molar-refractivity contribution in [3.63, 3.8) is 0 Å². The van der Waals surface area contributed by atoms with E-state index in [9.17, 15) is 0 Å². The van der Waals surface area contributed by atoms with Crippen molar-refractivity contribution in [1.29, 1.82) is 0 Å². The van der Waals surface area contributed by atoms with Crippen LogP contribution in [-0.2, 0) is 0 Å². The predicted molar refractivity (Wildman–Crippen MR) is 105 cm³/mol. The zero-order valence-corrected chi connectivity index (χ0v) is 14.9. The fourth-order valence-corrected chi connectivity index (χ4v) is 2.78. The number of para-hydroxylation sites is 1. The van der Waals surface area contributed by atoms with E-state index in [1.165, 1.54) is 5.56 Å². The zero-order chi connectivity index (χ0) is 17.6. The van der Waals surface area contributed by atoms with E-state index in [4.69, 9.17) is 9.15 Å². The Kier molecular flexibility index (Phi) is 5.30. The van der Waals surface area contributed by atoms with Gasteiger partial charge in [0.25, 0.3) is 0 Å². The van der Waals surface area contributed by atoms with Crippen LogP contribution in [-0.4, -0.2) is 7.11 Å². The summed E-state index contributed by atoms with van der Waals surface area (Å²) in [6, 6.07) is 20.3. The minimum absolute atomic E-state index is 0.344. The molecular weight excluding hydrogens is 308 g/mol. The summed E-state index contributed by atoms with van der Waals surface area (Å²) >= 11 is 0. The van der Waals surface area contributed by atoms with Crippen LogP contribution >= 0.6 is 0 Å². The normalized spacial score (nSPS) is 12.2. The van der Waals surface area contributed by atoms with Gasteiger partial charge in [0, 0.05) is 6.07 Å². The van der Waals surface area contributed by atoms with Crippen LogP contribution in [0.3, 0.4) is 0 Å². The van der Waals surface area contributed by atoms with Gasteiger partial charge in [0.2, 0.25) is 5.75 Å². The molecule has 2 heteroatoms. The molecule has 0 N–H and O–H groups in total. The molecule has 2 aromatic carbocycles. The molecule has 0 amide bonds. The molecule has 0 bridgehead atoms. The van der Waals surface area contributed by atoms with Crippen LogP contribution in [0, 0.1) is 5.92 Å². The van der Waals surface area contributed by atoms with Crippen molar-refractivity contribution < 1.29 is 9.15 Å². The maximum absolute atomic E-state index is 6.18. The molecule has 0 spiro atoms. The van der Waals surface area contributed by atoms with Crippen molar-refractivity contribution in [3.05, 3.63) is 84.1 Å². The maximum Gasteiger partial charge on any atom is 0.402 e. The average Bonchev–Trinajstić information content (AvgIpc) is 2.65. The van der Waals surface area contributed by atoms with E-state index >= 15 is 0 Å². The van der Waals surface area contributed by atoms with Gasteiger partial charge in [0.15, 0.2) is 0 Å². The number of hydrogen-bond acceptors (Lipinski definition) is 1. The quantitative estimate of drug-likeness (QED) is 0.394. The molecule has 0 saturated heterocycles. The number of benzene rings is 2. The Hall–Kier alpha value is -2.87. The predicted octanol–water partition coefficient (Wildman–Crippen LogP) is 6.48. The Labute approximate surface area is 149 Å². The average molecular weight is 331 g/mol. The Morgan fingerprint density at radius 1 is 0.960 bits per heavy atom. The van der Waals surface area contributed by atoms with Gasteiger partial charge in [-0.1, -0.05) is 62.4 Å². The molecule has 0 fully saturated rings. The Morgan fingerprint density at radius 2 is 1.76 bits per heavy atom. The molecule has 0 aliphatic heterocycles. The van der Waals surface area contributed by atoms with Crippen molar-refractivity contribution in [3.8, 4) is 5.75 Å². The van der Waals surface area contributed by atoms with Gasteiger partial charge in [-0.2, -0.15) is 0 Å². The molecule has 0 aliphatic carbocycles. The SMILES string of the molecule is COc1cccc2ccc(/C(=C\C=C\c3ccccc3)C(C)C)[o+]c12. The third-order valence-corrected chi connectivity index (χ3v) is 4.13. The molecule has 1 heterocycles. The van der Waals surface area contributed by atoms with Crippen LogP contribution in [0.4, 0.5) is 0 Å². The van der Waals surface area contributed by atoms with Gasteiger partial charge in [0.05, 0.1) is 18.1 Å². The smallest absolute Gasteiger partial charge is 0.402 e. The molecule has 0 atom stereocenters. The topological polar surface area (TPSA) is 20.5 Å². The summed E-state index contributed by atoms with van der Waals surface area (Å²) in [5.41, 5.74) is 3.11. The summed E-state index contributed by atoms with van der Waals surface area (Å²) in [4.78, 5) is 0. The van der Waals surface area contributed by atoms with E-state index in [0.29, 0.717) is 5.92 Å². The highest BCUT2D eigenvalue weighted by Crippen LogP contribution is 2.31. The van der Waals surface area contributed by atoms with Crippen molar-refractivity contribution in [2.75, 3.05) is 7.11 Å². The summed E-state index contributed by atoms with van der Waals surface area (Å²) in [5.74, 6) is 1.96. The Morgan fingerprint density at radius 3 is 2.48 bits per heavy atom. The van der Waals surface area contributed by atoms with Gasteiger partial charge in [-0.3, -0.25) is 0 Å². The minimum atomic E-state index is 0.344. The molecular formula is C23H23O2+. The summed E-state index contributed by atoms with van der Waals surface area (Å²) < 4.78 is 11.6. The molecule has 25 heavy (non-hydrogen) atoms. The summed E-state index contributed by atoms with van der Waals surface area (Å²) in [6.45, 7) is 4.34. The van der Waals surface area contributed by atoms with E-state index in [1.807, 2.05) is 42.5 Å². The fraction of sp³-hybridized carbons (Fsp3) is 0.174. The van der Waals surface area contributed by atoms with Crippen molar-refractivity contribution >= 4 is 22.6 Å². The maximum atomic E-state index is 6.18. The first-order valence-corrected chi connectivity index (χ1v) is 8.52. The molecule has 0 aliphatic rings. The molecule has 3 aromatic rings. The van der Waals surface area contributed by atoms with Gasteiger partial charge >= 0.3 is 11.3 Å². The van der Waals surface area contributed by atoms with Crippen LogP contribution < -0.4 is 4.74 Å². The fourth-order valence-electron chi connectivity index (χ4n) is 2.78. The highest BCUT2D eigenvalue weighted by Gasteiger charge is 2.21. The lowest BCUT2D eigenvalue weighted by atomic mass is 9.99. The Bertz CT molecular complexity index is 906. The second kappa shape index (κ2) is 7.80. The number of ether oxygens (including phenoxy) is 1. The van der Waals surface area contributed by atoms with Crippen LogP contribution in [0.2, 0.25) is 0 Å². The second-order valence-corrected chi connectivity index (χ2v) is 6.22. The van der Waals surface area contributed by atoms with Crippen LogP contribution in [0.1, 0.15) is 25.2 Å². The van der Waals surface area contributed by atoms with E-state index in [-0.39, 0.29) is 0 Å². The zero-order valence-electron chi connectivity index (χ0n) is 14.9. The lowest BCUT2D eigenvalue weighted by Gasteiger charge is -2.04. The molecule has 2 nitrogen and oxygen atoms in total. The van der Waals surface area contributed by atoms with Gasteiger partial charge < -0.3 is 4.74 Å². The summed E-state index contributed by atoms with van der Waals surface area (Å²) in [7, 11) is 1.67. The molecule has 0 saturated carbocycles. The largest absolute Gasteiger partial charge is 0.488 e. The van der Waals surface area contributed by atoms with Gasteiger partial charge in [-0.05, 0) is 35.8 Å². The van der Waals surface area contributed by atoms with Gasteiger partial charge in [0.1, 0.15) is 0 Å². The van der Waals surface area contributed by atoms with Gasteiger partial charge in [-0.15, -0.1) is 0 Å². The first kappa shape index (κ1) is 17.0. The lowest BCUT2D eigenvalue weighted by molar-refractivity contribution is 0.408. The van der Waals surface area contributed by atoms with E-state index in [0.717, 1.165) is 28.1 Å². The monoisotopic (exact) mass is 331 g/mol. The molecule has 0 radical (unpaired) electrons. The molecule has 0 unspecified atom stereocenters. The lowest BCUT2D eigenvalue weighted by Crippen LogP contribution is -1.94. The highest BCUT2D eigenvalue weighted by molar-refractivity contribution is 5.84. The first-order chi connectivity index (χ1) is 12.2. The Balaban J connectivity index is 1.99. The van der Waals surface area contributed by atoms with Gasteiger partial charge in [-0.25, -0.2) is 4.42 Å². The van der Waals surface area contributed by atoms with Crippen LogP contribution in [0.15, 0.2) is 77.2 Å². The van der Waals surface area contributed by atoms with E-state index < -0.39 is 0 Å². The van der Waals surface area contributed by atoms with E-state index in [1.54, 1.807) is 7.11 Å². The summed E-state index contributed by atoms with van der Waals surface area (Å²) in [6.07, 6.45) is 6.30. The van der Waals surface area contributed by atoms with E-state index in [2.05, 4.69) is 50.3 Å². The number of rotatable bonds is 5. The molecule has 1 aromatic heterocycles. The third-order valence-electron chi connectivity index (χ3n) is 4.13. The second-order valence-electron chi connectivity index (χ2n) is 6.22. The first-order valence-electron chi connectivity index (χ1n) is 8.52. The number of methoxy groups -OCH3 is 1. The standard InChI is InChI=1S/C23H23O2/c1-17(2)20(13-7-11-18-9-5-4-6-10-18)21-16-15-19-12-8-14-22(24-3)23(19)25-21/h4-17H,1-3H3/q+1/b11-7+,20-13-. The van der Waals surface area contributed by atoms with Crippen LogP contribution in [0.25, 0.3) is 22.6 Å². The third kappa shape index (κ3) is 3.97. The number of allylic oxidation sites excluding steroid dienone is 3. The number of hydrogen-bond donors (Lipinski definition) is 0. The van der Waals surface area contributed by atoms with Crippen molar-refractivity contribution in [2.24, 2.45) is 5.92 Å². The van der Waals surface area contributed by atoms with Crippen molar-refractivity contribution in [2.45, 2.75) is 13.8 Å². The molecule has 3 rings (SSSR count). The minimum Gasteiger partial charge on any atom is -0.488 e.